The Morgan fingerprint density at radius 3 is 1.79 bits per heavy atom. The molecular formula is C20H22N2O2. The molecule has 0 spiro atoms. The Labute approximate surface area is 142 Å². The van der Waals surface area contributed by atoms with Crippen molar-refractivity contribution in [1.82, 2.24) is 9.97 Å². The Bertz CT molecular complexity index is 670. The number of aromatic nitrogens is 2. The molecule has 0 atom stereocenters. The highest BCUT2D eigenvalue weighted by Gasteiger charge is 2.03. The maximum Gasteiger partial charge on any atom is 0.300 e. The number of nitrogens with zero attached hydrogens (tertiary/aromatic N) is 2. The number of carbonyl (C=O) groups is 1. The first-order valence-corrected chi connectivity index (χ1v) is 7.80. The third-order valence-corrected chi connectivity index (χ3v) is 2.76. The van der Waals surface area contributed by atoms with Crippen molar-refractivity contribution < 1.29 is 9.90 Å². The lowest BCUT2D eigenvalue weighted by molar-refractivity contribution is -0.134. The maximum atomic E-state index is 9.00. The molecule has 4 heteroatoms. The van der Waals surface area contributed by atoms with Gasteiger partial charge in [0.2, 0.25) is 0 Å². The van der Waals surface area contributed by atoms with Crippen LogP contribution in [0.15, 0.2) is 72.9 Å². The lowest BCUT2D eigenvalue weighted by Gasteiger charge is -2.03. The van der Waals surface area contributed by atoms with Crippen molar-refractivity contribution in [2.24, 2.45) is 0 Å². The normalized spacial score (nSPS) is 8.96. The van der Waals surface area contributed by atoms with Gasteiger partial charge in [-0.3, -0.25) is 4.79 Å². The van der Waals surface area contributed by atoms with Crippen molar-refractivity contribution in [2.75, 3.05) is 0 Å². The summed E-state index contributed by atoms with van der Waals surface area (Å²) in [6, 6.07) is 22.1. The van der Waals surface area contributed by atoms with Crippen LogP contribution >= 0.6 is 0 Å². The molecule has 0 saturated carbocycles. The fraction of sp³-hybridized carbons (Fsp3) is 0.150. The van der Waals surface area contributed by atoms with E-state index in [2.05, 4.69) is 22.1 Å². The zero-order chi connectivity index (χ0) is 17.8. The second-order valence-corrected chi connectivity index (χ2v) is 4.52. The molecular weight excluding hydrogens is 300 g/mol. The molecule has 124 valence electrons. The summed E-state index contributed by atoms with van der Waals surface area (Å²) in [5.41, 5.74) is 3.09. The van der Waals surface area contributed by atoms with Gasteiger partial charge >= 0.3 is 0 Å². The summed E-state index contributed by atoms with van der Waals surface area (Å²) in [6.45, 7) is 5.08. The summed E-state index contributed by atoms with van der Waals surface area (Å²) in [5.74, 6) is -0.0723. The van der Waals surface area contributed by atoms with Crippen LogP contribution in [0.25, 0.3) is 22.6 Å². The lowest BCUT2D eigenvalue weighted by Crippen LogP contribution is -1.90. The zero-order valence-electron chi connectivity index (χ0n) is 14.2. The van der Waals surface area contributed by atoms with Crippen LogP contribution in [0, 0.1) is 0 Å². The van der Waals surface area contributed by atoms with E-state index in [4.69, 9.17) is 9.90 Å². The number of hydrogen-bond donors (Lipinski definition) is 1. The minimum Gasteiger partial charge on any atom is -0.481 e. The fourth-order valence-electron chi connectivity index (χ4n) is 1.85. The van der Waals surface area contributed by atoms with Gasteiger partial charge in [0, 0.05) is 24.2 Å². The third-order valence-electron chi connectivity index (χ3n) is 2.76. The number of benzene rings is 2. The molecule has 1 aromatic heterocycles. The van der Waals surface area contributed by atoms with Gasteiger partial charge in [-0.1, -0.05) is 74.5 Å². The van der Waals surface area contributed by atoms with Crippen LogP contribution in [0.4, 0.5) is 0 Å². The van der Waals surface area contributed by atoms with Crippen molar-refractivity contribution in [3.8, 4) is 22.6 Å². The topological polar surface area (TPSA) is 63.1 Å². The molecule has 0 aliphatic carbocycles. The van der Waals surface area contributed by atoms with E-state index in [-0.39, 0.29) is 0 Å². The SMILES string of the molecule is CC.CC(=O)O.c1ccc(-c2ccnc(-c3ccccc3)n2)cc1. The predicted molar refractivity (Wildman–Crippen MR) is 97.6 cm³/mol. The Kier molecular flexibility index (Phi) is 8.47. The van der Waals surface area contributed by atoms with Gasteiger partial charge in [0.05, 0.1) is 5.69 Å². The number of aliphatic carboxylic acids is 1. The van der Waals surface area contributed by atoms with Gasteiger partial charge in [-0.15, -0.1) is 0 Å². The van der Waals surface area contributed by atoms with Crippen LogP contribution in [-0.2, 0) is 4.79 Å². The molecule has 0 aliphatic rings. The van der Waals surface area contributed by atoms with Crippen LogP contribution in [0.1, 0.15) is 20.8 Å². The van der Waals surface area contributed by atoms with Crippen LogP contribution in [0.2, 0.25) is 0 Å². The van der Waals surface area contributed by atoms with E-state index in [0.29, 0.717) is 0 Å². The van der Waals surface area contributed by atoms with Gasteiger partial charge in [-0.05, 0) is 6.07 Å². The Morgan fingerprint density at radius 1 is 0.833 bits per heavy atom. The standard InChI is InChI=1S/C16H12N2.C2H4O2.C2H6/c1-3-7-13(8-4-1)15-11-12-17-16(18-15)14-9-5-2-6-10-14;1-2(3)4;1-2/h1-12H;1H3,(H,3,4);1-2H3. The summed E-state index contributed by atoms with van der Waals surface area (Å²) in [4.78, 5) is 17.9. The van der Waals surface area contributed by atoms with E-state index in [1.807, 2.05) is 68.4 Å². The Balaban J connectivity index is 0.000000423. The van der Waals surface area contributed by atoms with E-state index in [1.54, 1.807) is 6.20 Å². The average molecular weight is 322 g/mol. The highest BCUT2D eigenvalue weighted by atomic mass is 16.4. The average Bonchev–Trinajstić information content (AvgIpc) is 2.65. The van der Waals surface area contributed by atoms with E-state index in [0.717, 1.165) is 29.6 Å². The van der Waals surface area contributed by atoms with Crippen molar-refractivity contribution in [2.45, 2.75) is 20.8 Å². The van der Waals surface area contributed by atoms with Crippen LogP contribution in [-0.4, -0.2) is 21.0 Å². The van der Waals surface area contributed by atoms with Crippen LogP contribution < -0.4 is 0 Å². The zero-order valence-corrected chi connectivity index (χ0v) is 14.2. The predicted octanol–water partition coefficient (Wildman–Crippen LogP) is 4.93. The first-order valence-electron chi connectivity index (χ1n) is 7.80. The molecule has 0 saturated heterocycles. The summed E-state index contributed by atoms with van der Waals surface area (Å²) < 4.78 is 0. The van der Waals surface area contributed by atoms with E-state index >= 15 is 0 Å². The van der Waals surface area contributed by atoms with Gasteiger partial charge in [-0.2, -0.15) is 0 Å². The van der Waals surface area contributed by atoms with E-state index in [1.165, 1.54) is 0 Å². The van der Waals surface area contributed by atoms with Crippen LogP contribution in [0.3, 0.4) is 0 Å². The van der Waals surface area contributed by atoms with E-state index < -0.39 is 5.97 Å². The second kappa shape index (κ2) is 10.7. The molecule has 0 bridgehead atoms. The Hall–Kier alpha value is -3.01. The maximum absolute atomic E-state index is 9.00. The molecule has 0 amide bonds. The molecule has 24 heavy (non-hydrogen) atoms. The van der Waals surface area contributed by atoms with Crippen molar-refractivity contribution in [3.05, 3.63) is 72.9 Å². The number of rotatable bonds is 2. The Morgan fingerprint density at radius 2 is 1.29 bits per heavy atom. The van der Waals surface area contributed by atoms with Crippen molar-refractivity contribution in [3.63, 3.8) is 0 Å². The largest absolute Gasteiger partial charge is 0.481 e. The van der Waals surface area contributed by atoms with Crippen molar-refractivity contribution in [1.29, 1.82) is 0 Å². The minimum atomic E-state index is -0.833. The number of carboxylic acids is 1. The summed E-state index contributed by atoms with van der Waals surface area (Å²) in [6.07, 6.45) is 1.80. The molecule has 4 nitrogen and oxygen atoms in total. The molecule has 1 heterocycles. The highest BCUT2D eigenvalue weighted by Crippen LogP contribution is 2.20. The second-order valence-electron chi connectivity index (χ2n) is 4.52. The van der Waals surface area contributed by atoms with Crippen molar-refractivity contribution >= 4 is 5.97 Å². The molecule has 2 aromatic carbocycles. The van der Waals surface area contributed by atoms with Gasteiger partial charge in [-0.25, -0.2) is 9.97 Å². The quantitative estimate of drug-likeness (QED) is 0.727. The monoisotopic (exact) mass is 322 g/mol. The van der Waals surface area contributed by atoms with Gasteiger partial charge in [0.15, 0.2) is 5.82 Å². The molecule has 3 aromatic rings. The minimum absolute atomic E-state index is 0.761. The van der Waals surface area contributed by atoms with E-state index in [9.17, 15) is 0 Å². The molecule has 0 radical (unpaired) electrons. The van der Waals surface area contributed by atoms with Gasteiger partial charge in [0.25, 0.3) is 5.97 Å². The first kappa shape index (κ1) is 19.0. The molecule has 3 rings (SSSR count). The van der Waals surface area contributed by atoms with Crippen LogP contribution in [0.5, 0.6) is 0 Å². The summed E-state index contributed by atoms with van der Waals surface area (Å²) in [5, 5.41) is 7.42. The van der Waals surface area contributed by atoms with Gasteiger partial charge in [0.1, 0.15) is 0 Å². The molecule has 0 unspecified atom stereocenters. The lowest BCUT2D eigenvalue weighted by atomic mass is 10.1. The molecule has 0 fully saturated rings. The molecule has 0 aliphatic heterocycles. The summed E-state index contributed by atoms with van der Waals surface area (Å²) >= 11 is 0. The number of carboxylic acid groups (broad SMARTS) is 1. The smallest absolute Gasteiger partial charge is 0.300 e. The highest BCUT2D eigenvalue weighted by molar-refractivity contribution is 5.63. The number of hydrogen-bond acceptors (Lipinski definition) is 3. The summed E-state index contributed by atoms with van der Waals surface area (Å²) in [7, 11) is 0. The first-order chi connectivity index (χ1) is 11.7. The van der Waals surface area contributed by atoms with Gasteiger partial charge < -0.3 is 5.11 Å². The fourth-order valence-corrected chi connectivity index (χ4v) is 1.85. The molecule has 1 N–H and O–H groups in total. The third kappa shape index (κ3) is 6.40.